The predicted molar refractivity (Wildman–Crippen MR) is 67.5 cm³/mol. The predicted octanol–water partition coefficient (Wildman–Crippen LogP) is 2.05. The van der Waals surface area contributed by atoms with Crippen molar-refractivity contribution in [1.82, 2.24) is 5.32 Å². The summed E-state index contributed by atoms with van der Waals surface area (Å²) in [5.74, 6) is -0.675. The molecule has 0 saturated heterocycles. The van der Waals surface area contributed by atoms with Gasteiger partial charge in [0.05, 0.1) is 7.11 Å². The zero-order chi connectivity index (χ0) is 13.6. The van der Waals surface area contributed by atoms with Crippen LogP contribution in [0.4, 0.5) is 0 Å². The van der Waals surface area contributed by atoms with Gasteiger partial charge < -0.3 is 10.1 Å². The van der Waals surface area contributed by atoms with E-state index in [0.29, 0.717) is 17.7 Å². The molecule has 0 heterocycles. The minimum Gasteiger partial charge on any atom is -0.466 e. The fourth-order valence-corrected chi connectivity index (χ4v) is 1.16. The molecule has 0 aliphatic heterocycles. The van der Waals surface area contributed by atoms with Crippen LogP contribution in [-0.2, 0) is 14.3 Å². The second kappa shape index (κ2) is 6.42. The van der Waals surface area contributed by atoms with Crippen LogP contribution in [0, 0.1) is 5.41 Å². The Hall–Kier alpha value is -1.32. The number of carbonyl (C=O) groups excluding carboxylic acids is 2. The van der Waals surface area contributed by atoms with Crippen LogP contribution in [0.2, 0.25) is 0 Å². The quantitative estimate of drug-likeness (QED) is 0.605. The van der Waals surface area contributed by atoms with E-state index >= 15 is 0 Å². The zero-order valence-electron chi connectivity index (χ0n) is 11.6. The molecule has 0 aromatic rings. The van der Waals surface area contributed by atoms with Crippen LogP contribution in [-0.4, -0.2) is 25.5 Å². The van der Waals surface area contributed by atoms with E-state index in [9.17, 15) is 9.59 Å². The Morgan fingerprint density at radius 2 is 1.65 bits per heavy atom. The Bertz CT molecular complexity index is 324. The summed E-state index contributed by atoms with van der Waals surface area (Å²) in [5, 5.41) is 2.79. The van der Waals surface area contributed by atoms with Crippen LogP contribution in [0.15, 0.2) is 11.1 Å². The molecule has 0 aromatic carbocycles. The number of ether oxygens (including phenoxy) is 1. The van der Waals surface area contributed by atoms with Gasteiger partial charge in [-0.3, -0.25) is 4.79 Å². The van der Waals surface area contributed by atoms with Crippen molar-refractivity contribution < 1.29 is 14.3 Å². The molecular formula is C13H23NO3. The number of nitrogens with one attached hydrogen (secondary N) is 1. The summed E-state index contributed by atoms with van der Waals surface area (Å²) in [6.45, 7) is 10.2. The van der Waals surface area contributed by atoms with Gasteiger partial charge in [0.15, 0.2) is 0 Å². The highest BCUT2D eigenvalue weighted by atomic mass is 16.5. The summed E-state index contributed by atoms with van der Waals surface area (Å²) in [4.78, 5) is 22.9. The molecule has 4 nitrogen and oxygen atoms in total. The monoisotopic (exact) mass is 241 g/mol. The maximum Gasteiger partial charge on any atom is 0.333 e. The number of carbonyl (C=O) groups is 2. The van der Waals surface area contributed by atoms with E-state index in [-0.39, 0.29) is 11.3 Å². The third kappa shape index (κ3) is 6.09. The van der Waals surface area contributed by atoms with Crippen LogP contribution >= 0.6 is 0 Å². The lowest BCUT2D eigenvalue weighted by atomic mass is 9.92. The molecule has 0 spiro atoms. The van der Waals surface area contributed by atoms with Crippen molar-refractivity contribution in [3.8, 4) is 0 Å². The molecule has 4 heteroatoms. The normalized spacial score (nSPS) is 12.8. The standard InChI is InChI=1S/C13H23NO3/c1-9(10(2)12(16)17-6)11(15)14-8-7-13(3,4)5/h7-8H2,1-6H3,(H,14,15)/b10-9-. The van der Waals surface area contributed by atoms with Crippen molar-refractivity contribution in [3.05, 3.63) is 11.1 Å². The molecule has 0 saturated carbocycles. The zero-order valence-corrected chi connectivity index (χ0v) is 11.6. The van der Waals surface area contributed by atoms with E-state index in [4.69, 9.17) is 0 Å². The minimum absolute atomic E-state index is 0.183. The van der Waals surface area contributed by atoms with E-state index in [0.717, 1.165) is 6.42 Å². The maximum atomic E-state index is 11.7. The van der Waals surface area contributed by atoms with Crippen LogP contribution in [0.1, 0.15) is 41.0 Å². The molecule has 0 aliphatic rings. The number of hydrogen-bond donors (Lipinski definition) is 1. The fourth-order valence-electron chi connectivity index (χ4n) is 1.16. The van der Waals surface area contributed by atoms with Crippen molar-refractivity contribution in [1.29, 1.82) is 0 Å². The second-order valence-corrected chi connectivity index (χ2v) is 5.31. The SMILES string of the molecule is COC(=O)/C(C)=C(/C)C(=O)NCCC(C)(C)C. The average molecular weight is 241 g/mol. The molecule has 0 rings (SSSR count). The first-order valence-electron chi connectivity index (χ1n) is 5.73. The van der Waals surface area contributed by atoms with E-state index in [1.165, 1.54) is 7.11 Å². The highest BCUT2D eigenvalue weighted by Crippen LogP contribution is 2.17. The lowest BCUT2D eigenvalue weighted by Gasteiger charge is -2.18. The molecule has 1 N–H and O–H groups in total. The molecule has 0 radical (unpaired) electrons. The van der Waals surface area contributed by atoms with Gasteiger partial charge in [0.1, 0.15) is 0 Å². The molecule has 0 bridgehead atoms. The van der Waals surface area contributed by atoms with Crippen LogP contribution in [0.3, 0.4) is 0 Å². The maximum absolute atomic E-state index is 11.7. The molecule has 0 unspecified atom stereocenters. The smallest absolute Gasteiger partial charge is 0.333 e. The number of hydrogen-bond acceptors (Lipinski definition) is 3. The largest absolute Gasteiger partial charge is 0.466 e. The van der Waals surface area contributed by atoms with Gasteiger partial charge >= 0.3 is 5.97 Å². The van der Waals surface area contributed by atoms with Crippen molar-refractivity contribution >= 4 is 11.9 Å². The molecule has 0 aliphatic carbocycles. The first-order chi connectivity index (χ1) is 7.69. The van der Waals surface area contributed by atoms with E-state index in [1.54, 1.807) is 13.8 Å². The van der Waals surface area contributed by atoms with Gasteiger partial charge in [0, 0.05) is 17.7 Å². The number of amides is 1. The molecule has 0 atom stereocenters. The summed E-state index contributed by atoms with van der Waals surface area (Å²) < 4.78 is 4.57. The summed E-state index contributed by atoms with van der Waals surface area (Å²) in [6.07, 6.45) is 0.892. The van der Waals surface area contributed by atoms with Gasteiger partial charge in [0.2, 0.25) is 5.91 Å². The lowest BCUT2D eigenvalue weighted by molar-refractivity contribution is -0.136. The Morgan fingerprint density at radius 1 is 1.12 bits per heavy atom. The van der Waals surface area contributed by atoms with Gasteiger partial charge in [-0.15, -0.1) is 0 Å². The lowest BCUT2D eigenvalue weighted by Crippen LogP contribution is -2.29. The highest BCUT2D eigenvalue weighted by Gasteiger charge is 2.15. The highest BCUT2D eigenvalue weighted by molar-refractivity contribution is 6.01. The van der Waals surface area contributed by atoms with Crippen LogP contribution in [0.5, 0.6) is 0 Å². The number of esters is 1. The Morgan fingerprint density at radius 3 is 2.06 bits per heavy atom. The molecule has 17 heavy (non-hydrogen) atoms. The fraction of sp³-hybridized carbons (Fsp3) is 0.692. The topological polar surface area (TPSA) is 55.4 Å². The van der Waals surface area contributed by atoms with Gasteiger partial charge in [-0.1, -0.05) is 20.8 Å². The summed E-state index contributed by atoms with van der Waals surface area (Å²) in [6, 6.07) is 0. The third-order valence-electron chi connectivity index (χ3n) is 2.56. The molecule has 1 amide bonds. The first-order valence-corrected chi connectivity index (χ1v) is 5.73. The van der Waals surface area contributed by atoms with Crippen molar-refractivity contribution in [2.75, 3.05) is 13.7 Å². The average Bonchev–Trinajstić information content (AvgIpc) is 2.24. The summed E-state index contributed by atoms with van der Waals surface area (Å²) in [5.41, 5.74) is 0.939. The van der Waals surface area contributed by atoms with Gasteiger partial charge in [-0.25, -0.2) is 4.79 Å². The van der Waals surface area contributed by atoms with Crippen molar-refractivity contribution in [3.63, 3.8) is 0 Å². The van der Waals surface area contributed by atoms with Gasteiger partial charge in [0.25, 0.3) is 0 Å². The van der Waals surface area contributed by atoms with Gasteiger partial charge in [-0.05, 0) is 25.7 Å². The molecule has 0 aromatic heterocycles. The molecule has 0 fully saturated rings. The third-order valence-corrected chi connectivity index (χ3v) is 2.56. The summed E-state index contributed by atoms with van der Waals surface area (Å²) >= 11 is 0. The minimum atomic E-state index is -0.464. The van der Waals surface area contributed by atoms with E-state index in [1.807, 2.05) is 0 Å². The Balaban J connectivity index is 4.38. The second-order valence-electron chi connectivity index (χ2n) is 5.31. The van der Waals surface area contributed by atoms with E-state index in [2.05, 4.69) is 30.8 Å². The van der Waals surface area contributed by atoms with Crippen LogP contribution in [0.25, 0.3) is 0 Å². The molecule has 98 valence electrons. The number of methoxy groups -OCH3 is 1. The van der Waals surface area contributed by atoms with Crippen molar-refractivity contribution in [2.45, 2.75) is 41.0 Å². The van der Waals surface area contributed by atoms with Crippen LogP contribution < -0.4 is 5.32 Å². The Labute approximate surface area is 103 Å². The molecular weight excluding hydrogens is 218 g/mol. The number of rotatable bonds is 4. The Kier molecular flexibility index (Phi) is 5.93. The summed E-state index contributed by atoms with van der Waals surface area (Å²) in [7, 11) is 1.30. The van der Waals surface area contributed by atoms with Crippen molar-refractivity contribution in [2.24, 2.45) is 5.41 Å². The van der Waals surface area contributed by atoms with E-state index < -0.39 is 5.97 Å². The van der Waals surface area contributed by atoms with Gasteiger partial charge in [-0.2, -0.15) is 0 Å². The first kappa shape index (κ1) is 15.7.